The molecule has 0 heterocycles. The maximum atomic E-state index is 13.2. The van der Waals surface area contributed by atoms with Crippen molar-refractivity contribution in [1.29, 1.82) is 4.78 Å². The van der Waals surface area contributed by atoms with Gasteiger partial charge >= 0.3 is 16.7 Å². The average molecular weight is 435 g/mol. The number of rotatable bonds is 5. The Hall–Kier alpha value is -2.39. The van der Waals surface area contributed by atoms with E-state index in [0.29, 0.717) is 17.0 Å². The summed E-state index contributed by atoms with van der Waals surface area (Å²) in [5, 5.41) is 4.52. The van der Waals surface area contributed by atoms with Gasteiger partial charge in [-0.05, 0) is 37.1 Å². The molecule has 1 N–H and O–H groups in total. The van der Waals surface area contributed by atoms with Crippen molar-refractivity contribution < 1.29 is 26.4 Å². The van der Waals surface area contributed by atoms with Crippen LogP contribution in [0.5, 0.6) is 0 Å². The van der Waals surface area contributed by atoms with Gasteiger partial charge in [0.2, 0.25) is 0 Å². The average Bonchev–Trinajstić information content (AvgIpc) is 2.59. The van der Waals surface area contributed by atoms with Crippen molar-refractivity contribution >= 4 is 27.8 Å². The van der Waals surface area contributed by atoms with Gasteiger partial charge in [0.05, 0.1) is 11.3 Å². The summed E-state index contributed by atoms with van der Waals surface area (Å²) in [6.07, 6.45) is -4.11. The zero-order valence-electron chi connectivity index (χ0n) is 15.0. The van der Waals surface area contributed by atoms with Crippen molar-refractivity contribution in [3.8, 4) is 0 Å². The van der Waals surface area contributed by atoms with Crippen LogP contribution in [0.25, 0.3) is 0 Å². The number of oxime groups is 1. The van der Waals surface area contributed by atoms with Gasteiger partial charge in [0, 0.05) is 10.6 Å². The van der Waals surface area contributed by atoms with Crippen LogP contribution in [-0.4, -0.2) is 14.1 Å². The number of aryl methyl sites for hydroxylation is 1. The van der Waals surface area contributed by atoms with E-state index in [9.17, 15) is 13.2 Å². The molecule has 0 amide bonds. The Morgan fingerprint density at radius 2 is 1.75 bits per heavy atom. The van der Waals surface area contributed by atoms with Crippen molar-refractivity contribution in [3.63, 3.8) is 0 Å². The molecule has 0 atom stereocenters. The number of hydrogen-bond acceptors (Lipinski definition) is 5. The van der Waals surface area contributed by atoms with E-state index in [1.54, 1.807) is 44.2 Å². The molecule has 0 aliphatic heterocycles. The van der Waals surface area contributed by atoms with E-state index in [-0.39, 0.29) is 17.9 Å². The SMILES string of the molecule is CC/C(=N/OCc1ccc(Cl)cc1)c1ccc(C)cc1C(F)(F)F.N=S(=O)=O. The molecule has 0 spiro atoms. The maximum Gasteiger partial charge on any atom is 0.417 e. The number of benzene rings is 2. The fraction of sp³-hybridized carbons (Fsp3) is 0.278. The molecule has 0 aliphatic carbocycles. The lowest BCUT2D eigenvalue weighted by Gasteiger charge is -2.14. The largest absolute Gasteiger partial charge is 0.417 e. The highest BCUT2D eigenvalue weighted by Gasteiger charge is 2.34. The van der Waals surface area contributed by atoms with Crippen molar-refractivity contribution in [2.75, 3.05) is 0 Å². The third-order valence-corrected chi connectivity index (χ3v) is 3.70. The Balaban J connectivity index is 0.000000892. The van der Waals surface area contributed by atoms with Gasteiger partial charge < -0.3 is 4.84 Å². The molecule has 0 aromatic heterocycles. The summed E-state index contributed by atoms with van der Waals surface area (Å²) in [5.41, 5.74) is 0.989. The number of alkyl halides is 3. The fourth-order valence-corrected chi connectivity index (χ4v) is 2.34. The van der Waals surface area contributed by atoms with E-state index in [4.69, 9.17) is 29.6 Å². The van der Waals surface area contributed by atoms with Crippen LogP contribution in [0.2, 0.25) is 5.02 Å². The molecule has 0 aliphatic rings. The normalized spacial score (nSPS) is 11.4. The molecule has 0 saturated heterocycles. The molecule has 5 nitrogen and oxygen atoms in total. The molecule has 2 aromatic rings. The lowest BCUT2D eigenvalue weighted by Crippen LogP contribution is -2.14. The zero-order valence-corrected chi connectivity index (χ0v) is 16.6. The first-order valence-corrected chi connectivity index (χ1v) is 9.41. The van der Waals surface area contributed by atoms with Gasteiger partial charge in [0.1, 0.15) is 6.61 Å². The highest BCUT2D eigenvalue weighted by molar-refractivity contribution is 7.60. The minimum Gasteiger partial charge on any atom is -0.391 e. The lowest BCUT2D eigenvalue weighted by atomic mass is 9.99. The summed E-state index contributed by atoms with van der Waals surface area (Å²) in [6.45, 7) is 3.52. The van der Waals surface area contributed by atoms with E-state index >= 15 is 0 Å². The predicted molar refractivity (Wildman–Crippen MR) is 101 cm³/mol. The second-order valence-electron chi connectivity index (χ2n) is 5.57. The van der Waals surface area contributed by atoms with Gasteiger partial charge in [-0.1, -0.05) is 53.5 Å². The van der Waals surface area contributed by atoms with Crippen LogP contribution in [0.3, 0.4) is 0 Å². The summed E-state index contributed by atoms with van der Waals surface area (Å²) in [7, 11) is -2.61. The van der Waals surface area contributed by atoms with E-state index in [0.717, 1.165) is 11.6 Å². The molecule has 152 valence electrons. The van der Waals surface area contributed by atoms with Crippen molar-refractivity contribution in [2.45, 2.75) is 33.1 Å². The fourth-order valence-electron chi connectivity index (χ4n) is 2.21. The van der Waals surface area contributed by atoms with Crippen LogP contribution in [0.4, 0.5) is 13.2 Å². The third-order valence-electron chi connectivity index (χ3n) is 3.45. The molecule has 0 fully saturated rings. The summed E-state index contributed by atoms with van der Waals surface area (Å²) in [5.74, 6) is 0. The quantitative estimate of drug-likeness (QED) is 0.489. The minimum atomic E-state index is -4.44. The number of nitrogens with one attached hydrogen (secondary N) is 1. The molecule has 2 aromatic carbocycles. The third kappa shape index (κ3) is 8.10. The first kappa shape index (κ1) is 23.6. The van der Waals surface area contributed by atoms with Gasteiger partial charge in [0.25, 0.3) is 0 Å². The first-order valence-electron chi connectivity index (χ1n) is 7.96. The smallest absolute Gasteiger partial charge is 0.391 e. The van der Waals surface area contributed by atoms with Crippen LogP contribution in [0, 0.1) is 11.7 Å². The summed E-state index contributed by atoms with van der Waals surface area (Å²) < 4.78 is 62.6. The van der Waals surface area contributed by atoms with E-state index in [1.165, 1.54) is 6.07 Å². The maximum absolute atomic E-state index is 13.2. The Bertz CT molecular complexity index is 922. The van der Waals surface area contributed by atoms with E-state index in [2.05, 4.69) is 5.16 Å². The van der Waals surface area contributed by atoms with Crippen molar-refractivity contribution in [3.05, 3.63) is 69.7 Å². The number of halogens is 4. The Labute approximate surface area is 167 Å². The van der Waals surface area contributed by atoms with Gasteiger partial charge in [-0.15, -0.1) is 0 Å². The standard InChI is InChI=1S/C18H17ClF3NO.HNO2S/c1-3-17(23-24-11-13-5-7-14(19)8-6-13)15-9-4-12(2)10-16(15)18(20,21)22;1-4(2)3/h4-10H,3,11H2,1-2H3;1H/b23-17-;. The molecule has 2 rings (SSSR count). The van der Waals surface area contributed by atoms with E-state index in [1.807, 2.05) is 0 Å². The second-order valence-corrected chi connectivity index (χ2v) is 6.48. The van der Waals surface area contributed by atoms with Gasteiger partial charge in [-0.25, -0.2) is 0 Å². The minimum absolute atomic E-state index is 0.0479. The molecule has 0 radical (unpaired) electrons. The Kier molecular flexibility index (Phi) is 9.14. The van der Waals surface area contributed by atoms with Crippen molar-refractivity contribution in [1.82, 2.24) is 0 Å². The summed E-state index contributed by atoms with van der Waals surface area (Å²) >= 11 is 5.80. The molecule has 0 saturated carbocycles. The van der Waals surface area contributed by atoms with Crippen LogP contribution in [0.15, 0.2) is 47.6 Å². The van der Waals surface area contributed by atoms with Crippen LogP contribution < -0.4 is 0 Å². The zero-order chi connectivity index (χ0) is 21.3. The summed E-state index contributed by atoms with van der Waals surface area (Å²) in [4.78, 5) is 5.24. The van der Waals surface area contributed by atoms with Crippen LogP contribution in [-0.2, 0) is 28.1 Å². The molecule has 28 heavy (non-hydrogen) atoms. The van der Waals surface area contributed by atoms with Gasteiger partial charge in [-0.3, -0.25) is 0 Å². The molecular weight excluding hydrogens is 417 g/mol. The molecule has 0 unspecified atom stereocenters. The van der Waals surface area contributed by atoms with Crippen LogP contribution >= 0.6 is 11.6 Å². The Morgan fingerprint density at radius 3 is 2.25 bits per heavy atom. The summed E-state index contributed by atoms with van der Waals surface area (Å²) in [6, 6.07) is 11.2. The second kappa shape index (κ2) is 10.8. The molecular formula is C18H18ClF3N2O3S. The lowest BCUT2D eigenvalue weighted by molar-refractivity contribution is -0.137. The van der Waals surface area contributed by atoms with Crippen LogP contribution in [0.1, 0.15) is 35.6 Å². The van der Waals surface area contributed by atoms with Gasteiger partial charge in [-0.2, -0.15) is 26.4 Å². The predicted octanol–water partition coefficient (Wildman–Crippen LogP) is 5.63. The monoisotopic (exact) mass is 434 g/mol. The van der Waals surface area contributed by atoms with E-state index < -0.39 is 22.2 Å². The Morgan fingerprint density at radius 1 is 1.18 bits per heavy atom. The number of nitrogens with zero attached hydrogens (tertiary/aromatic N) is 1. The highest BCUT2D eigenvalue weighted by Crippen LogP contribution is 2.33. The highest BCUT2D eigenvalue weighted by atomic mass is 35.5. The first-order chi connectivity index (χ1) is 13.0. The van der Waals surface area contributed by atoms with Gasteiger partial charge in [0.15, 0.2) is 0 Å². The molecule has 0 bridgehead atoms. The topological polar surface area (TPSA) is 79.6 Å². The van der Waals surface area contributed by atoms with Crippen molar-refractivity contribution in [2.24, 2.45) is 5.16 Å². The number of hydrogen-bond donors (Lipinski definition) is 1. The molecule has 10 heteroatoms.